The molecule has 0 spiro atoms. The van der Waals surface area contributed by atoms with Crippen molar-refractivity contribution < 1.29 is 8.42 Å². The second kappa shape index (κ2) is 6.22. The molecule has 3 N–H and O–H groups in total. The number of likely N-dealkylation sites (tertiary alicyclic amines) is 1. The van der Waals surface area contributed by atoms with Crippen molar-refractivity contribution in [3.63, 3.8) is 0 Å². The van der Waals surface area contributed by atoms with E-state index >= 15 is 0 Å². The molecule has 1 saturated heterocycles. The van der Waals surface area contributed by atoms with Gasteiger partial charge in [-0.05, 0) is 51.1 Å². The maximum Gasteiger partial charge on any atom is 0.238 e. The van der Waals surface area contributed by atoms with E-state index in [9.17, 15) is 8.42 Å². The summed E-state index contributed by atoms with van der Waals surface area (Å²) in [5.74, 6) is 0. The monoisotopic (exact) mass is 297 g/mol. The summed E-state index contributed by atoms with van der Waals surface area (Å²) in [6.07, 6.45) is 2.24. The van der Waals surface area contributed by atoms with E-state index in [0.29, 0.717) is 18.6 Å². The van der Waals surface area contributed by atoms with Gasteiger partial charge in [-0.2, -0.15) is 0 Å². The smallest absolute Gasteiger partial charge is 0.238 e. The minimum atomic E-state index is -3.62. The molecular weight excluding hydrogens is 274 g/mol. The Labute approximate surface area is 121 Å². The van der Waals surface area contributed by atoms with Gasteiger partial charge in [-0.1, -0.05) is 12.1 Å². The zero-order chi connectivity index (χ0) is 14.8. The molecule has 1 fully saturated rings. The van der Waals surface area contributed by atoms with Gasteiger partial charge < -0.3 is 10.2 Å². The van der Waals surface area contributed by atoms with Gasteiger partial charge in [0, 0.05) is 18.6 Å². The van der Waals surface area contributed by atoms with Gasteiger partial charge in [0.05, 0.1) is 4.90 Å². The largest absolute Gasteiger partial charge is 0.310 e. The van der Waals surface area contributed by atoms with Crippen molar-refractivity contribution in [3.05, 3.63) is 29.8 Å². The van der Waals surface area contributed by atoms with Crippen molar-refractivity contribution in [2.24, 2.45) is 5.14 Å². The fourth-order valence-corrected chi connectivity index (χ4v) is 3.15. The molecule has 0 bridgehead atoms. The lowest BCUT2D eigenvalue weighted by molar-refractivity contribution is 0.168. The van der Waals surface area contributed by atoms with Crippen molar-refractivity contribution in [1.82, 2.24) is 10.2 Å². The molecule has 0 aliphatic carbocycles. The molecule has 1 aliphatic rings. The molecule has 5 nitrogen and oxygen atoms in total. The number of hydrogen-bond donors (Lipinski definition) is 2. The quantitative estimate of drug-likeness (QED) is 0.866. The third-order valence-corrected chi connectivity index (χ3v) is 4.94. The molecule has 2 unspecified atom stereocenters. The molecule has 0 radical (unpaired) electrons. The van der Waals surface area contributed by atoms with E-state index < -0.39 is 10.0 Å². The van der Waals surface area contributed by atoms with Crippen LogP contribution in [0.5, 0.6) is 0 Å². The number of primary sulfonamides is 1. The van der Waals surface area contributed by atoms with Gasteiger partial charge >= 0.3 is 0 Å². The normalized spacial score (nSPS) is 24.8. The summed E-state index contributed by atoms with van der Waals surface area (Å²) < 4.78 is 22.6. The fraction of sp³-hybridized carbons (Fsp3) is 0.571. The second-order valence-electron chi connectivity index (χ2n) is 5.62. The van der Waals surface area contributed by atoms with Gasteiger partial charge in [-0.25, -0.2) is 13.6 Å². The second-order valence-corrected chi connectivity index (χ2v) is 7.19. The number of nitrogens with one attached hydrogen (secondary N) is 1. The first-order valence-electron chi connectivity index (χ1n) is 6.91. The number of sulfonamides is 1. The highest BCUT2D eigenvalue weighted by atomic mass is 32.2. The topological polar surface area (TPSA) is 75.4 Å². The molecule has 2 atom stereocenters. The van der Waals surface area contributed by atoms with Crippen LogP contribution < -0.4 is 10.5 Å². The lowest BCUT2D eigenvalue weighted by Gasteiger charge is -2.35. The summed E-state index contributed by atoms with van der Waals surface area (Å²) in [5, 5.41) is 8.65. The summed E-state index contributed by atoms with van der Waals surface area (Å²) in [7, 11) is -1.47. The Morgan fingerprint density at radius 3 is 2.85 bits per heavy atom. The van der Waals surface area contributed by atoms with E-state index in [1.54, 1.807) is 12.1 Å². The van der Waals surface area contributed by atoms with E-state index in [-0.39, 0.29) is 4.90 Å². The zero-order valence-electron chi connectivity index (χ0n) is 12.0. The van der Waals surface area contributed by atoms with Crippen molar-refractivity contribution in [1.29, 1.82) is 0 Å². The predicted octanol–water partition coefficient (Wildman–Crippen LogP) is 0.906. The van der Waals surface area contributed by atoms with Gasteiger partial charge in [0.1, 0.15) is 0 Å². The van der Waals surface area contributed by atoms with Crippen LogP contribution in [0.25, 0.3) is 0 Å². The molecule has 1 aromatic carbocycles. The Hall–Kier alpha value is -0.950. The summed E-state index contributed by atoms with van der Waals surface area (Å²) in [4.78, 5) is 2.54. The number of nitrogens with zero attached hydrogens (tertiary/aromatic N) is 1. The van der Waals surface area contributed by atoms with Gasteiger partial charge in [0.15, 0.2) is 0 Å². The average Bonchev–Trinajstić information content (AvgIpc) is 2.39. The third kappa shape index (κ3) is 4.02. The summed E-state index contributed by atoms with van der Waals surface area (Å²) in [6, 6.07) is 7.88. The molecular formula is C14H23N3O2S. The molecule has 1 heterocycles. The van der Waals surface area contributed by atoms with E-state index in [2.05, 4.69) is 24.2 Å². The minimum Gasteiger partial charge on any atom is -0.310 e. The van der Waals surface area contributed by atoms with Gasteiger partial charge in [-0.15, -0.1) is 0 Å². The maximum atomic E-state index is 11.3. The average molecular weight is 297 g/mol. The highest BCUT2D eigenvalue weighted by Gasteiger charge is 2.22. The Bertz CT molecular complexity index is 559. The fourth-order valence-electron chi connectivity index (χ4n) is 2.57. The molecule has 1 aliphatic heterocycles. The van der Waals surface area contributed by atoms with Crippen LogP contribution in [0.2, 0.25) is 0 Å². The number of nitrogens with two attached hydrogens (primary N) is 1. The first-order valence-corrected chi connectivity index (χ1v) is 8.46. The first-order chi connectivity index (χ1) is 9.36. The van der Waals surface area contributed by atoms with Crippen LogP contribution in [0, 0.1) is 0 Å². The summed E-state index contributed by atoms with van der Waals surface area (Å²) >= 11 is 0. The maximum absolute atomic E-state index is 11.3. The van der Waals surface area contributed by atoms with Crippen LogP contribution >= 0.6 is 0 Å². The van der Waals surface area contributed by atoms with E-state index in [1.807, 2.05) is 6.07 Å². The Morgan fingerprint density at radius 2 is 2.20 bits per heavy atom. The van der Waals surface area contributed by atoms with Gasteiger partial charge in [-0.3, -0.25) is 0 Å². The minimum absolute atomic E-state index is 0.175. The molecule has 0 amide bonds. The number of benzene rings is 1. The number of hydrogen-bond acceptors (Lipinski definition) is 4. The van der Waals surface area contributed by atoms with Crippen molar-refractivity contribution in [2.75, 3.05) is 13.6 Å². The highest BCUT2D eigenvalue weighted by molar-refractivity contribution is 7.89. The summed E-state index contributed by atoms with van der Waals surface area (Å²) in [5.41, 5.74) is 0.947. The van der Waals surface area contributed by atoms with Crippen molar-refractivity contribution in [2.45, 2.75) is 43.3 Å². The lowest BCUT2D eigenvalue weighted by Crippen LogP contribution is -2.45. The van der Waals surface area contributed by atoms with Crippen LogP contribution in [0.15, 0.2) is 29.2 Å². The summed E-state index contributed by atoms with van der Waals surface area (Å²) in [6.45, 7) is 4.00. The van der Waals surface area contributed by atoms with E-state index in [1.165, 1.54) is 6.07 Å². The standard InChI is InChI=1S/C14H23N3O2S/c1-11-8-13(6-7-17(11)2)16-10-12-4-3-5-14(9-12)20(15,18)19/h3-5,9,11,13,16H,6-8,10H2,1-2H3,(H2,15,18,19). The third-order valence-electron chi connectivity index (χ3n) is 4.03. The lowest BCUT2D eigenvalue weighted by atomic mass is 9.99. The Kier molecular flexibility index (Phi) is 4.80. The predicted molar refractivity (Wildman–Crippen MR) is 79.8 cm³/mol. The van der Waals surface area contributed by atoms with Crippen LogP contribution in [0.1, 0.15) is 25.3 Å². The van der Waals surface area contributed by atoms with Gasteiger partial charge in [0.2, 0.25) is 10.0 Å². The number of rotatable bonds is 4. The Balaban J connectivity index is 1.95. The van der Waals surface area contributed by atoms with Gasteiger partial charge in [0.25, 0.3) is 0 Å². The van der Waals surface area contributed by atoms with Crippen molar-refractivity contribution >= 4 is 10.0 Å². The van der Waals surface area contributed by atoms with E-state index in [4.69, 9.17) is 5.14 Å². The van der Waals surface area contributed by atoms with Crippen LogP contribution in [0.3, 0.4) is 0 Å². The Morgan fingerprint density at radius 1 is 1.45 bits per heavy atom. The molecule has 2 rings (SSSR count). The number of piperidine rings is 1. The van der Waals surface area contributed by atoms with Crippen LogP contribution in [-0.4, -0.2) is 39.0 Å². The molecule has 112 valence electrons. The molecule has 20 heavy (non-hydrogen) atoms. The molecule has 0 saturated carbocycles. The first kappa shape index (κ1) is 15.4. The molecule has 1 aromatic rings. The van der Waals surface area contributed by atoms with Crippen LogP contribution in [-0.2, 0) is 16.6 Å². The highest BCUT2D eigenvalue weighted by Crippen LogP contribution is 2.16. The SMILES string of the molecule is CC1CC(NCc2cccc(S(N)(=O)=O)c2)CCN1C. The van der Waals surface area contributed by atoms with E-state index in [0.717, 1.165) is 24.9 Å². The zero-order valence-corrected chi connectivity index (χ0v) is 12.9. The van der Waals surface area contributed by atoms with Crippen LogP contribution in [0.4, 0.5) is 0 Å². The van der Waals surface area contributed by atoms with Crippen molar-refractivity contribution in [3.8, 4) is 0 Å². The molecule has 6 heteroatoms. The molecule has 0 aromatic heterocycles.